The minimum absolute atomic E-state index is 0.175. The van der Waals surface area contributed by atoms with Gasteiger partial charge in [-0.3, -0.25) is 4.79 Å². The number of piperidine rings is 1. The molecule has 0 N–H and O–H groups in total. The van der Waals surface area contributed by atoms with Gasteiger partial charge in [0.25, 0.3) is 0 Å². The topological polar surface area (TPSA) is 36.4 Å². The van der Waals surface area contributed by atoms with Gasteiger partial charge in [-0.25, -0.2) is 4.98 Å². The molecule has 2 aliphatic heterocycles. The number of hydrogen-bond donors (Lipinski definition) is 0. The molecule has 25 heavy (non-hydrogen) atoms. The van der Waals surface area contributed by atoms with E-state index in [1.165, 1.54) is 0 Å². The first-order valence-electron chi connectivity index (χ1n) is 8.91. The molecular formula is C19H21BrClN3O. The molecule has 4 nitrogen and oxygen atoms in total. The van der Waals surface area contributed by atoms with Crippen LogP contribution in [0.2, 0.25) is 5.02 Å². The van der Waals surface area contributed by atoms with E-state index < -0.39 is 0 Å². The van der Waals surface area contributed by atoms with E-state index >= 15 is 0 Å². The Kier molecular flexibility index (Phi) is 4.87. The van der Waals surface area contributed by atoms with Crippen LogP contribution >= 0.6 is 27.5 Å². The minimum Gasteiger partial charge on any atom is -0.357 e. The number of carbonyl (C=O) groups is 1. The van der Waals surface area contributed by atoms with Crippen LogP contribution in [0.1, 0.15) is 25.7 Å². The van der Waals surface area contributed by atoms with Gasteiger partial charge in [0.2, 0.25) is 5.91 Å². The molecule has 2 saturated heterocycles. The van der Waals surface area contributed by atoms with Gasteiger partial charge >= 0.3 is 0 Å². The molecule has 0 radical (unpaired) electrons. The standard InChI is InChI=1S/C19H21BrClN3O/c20-15-11-14-3-4-17(22-18(14)16(21)12-15)23-9-5-13(6-10-23)19(25)24-7-1-2-8-24/h3-4,11-13H,1-2,5-10H2. The third kappa shape index (κ3) is 3.49. The number of likely N-dealkylation sites (tertiary alicyclic amines) is 1. The van der Waals surface area contributed by atoms with Crippen LogP contribution in [0.4, 0.5) is 5.82 Å². The van der Waals surface area contributed by atoms with Crippen LogP contribution in [0.25, 0.3) is 10.9 Å². The van der Waals surface area contributed by atoms with E-state index in [0.29, 0.717) is 10.9 Å². The Morgan fingerprint density at radius 1 is 1.12 bits per heavy atom. The minimum atomic E-state index is 0.175. The van der Waals surface area contributed by atoms with E-state index in [0.717, 1.165) is 73.1 Å². The largest absolute Gasteiger partial charge is 0.357 e. The highest BCUT2D eigenvalue weighted by Crippen LogP contribution is 2.30. The molecule has 0 saturated carbocycles. The summed E-state index contributed by atoms with van der Waals surface area (Å²) in [5.41, 5.74) is 0.831. The lowest BCUT2D eigenvalue weighted by molar-refractivity contribution is -0.135. The quantitative estimate of drug-likeness (QED) is 0.715. The fourth-order valence-electron chi connectivity index (χ4n) is 3.87. The van der Waals surface area contributed by atoms with Crippen molar-refractivity contribution in [3.05, 3.63) is 33.8 Å². The zero-order valence-corrected chi connectivity index (χ0v) is 16.4. The van der Waals surface area contributed by atoms with Crippen molar-refractivity contribution in [1.82, 2.24) is 9.88 Å². The Morgan fingerprint density at radius 3 is 2.56 bits per heavy atom. The van der Waals surface area contributed by atoms with E-state index in [4.69, 9.17) is 16.6 Å². The number of benzene rings is 1. The molecule has 0 bridgehead atoms. The van der Waals surface area contributed by atoms with Crippen LogP contribution in [0.3, 0.4) is 0 Å². The first-order chi connectivity index (χ1) is 12.1. The molecule has 132 valence electrons. The first kappa shape index (κ1) is 17.1. The van der Waals surface area contributed by atoms with Gasteiger partial charge in [-0.05, 0) is 49.9 Å². The lowest BCUT2D eigenvalue weighted by Crippen LogP contribution is -2.41. The van der Waals surface area contributed by atoms with Gasteiger partial charge in [0.15, 0.2) is 0 Å². The smallest absolute Gasteiger partial charge is 0.225 e. The maximum absolute atomic E-state index is 12.6. The average Bonchev–Trinajstić information content (AvgIpc) is 3.15. The number of amides is 1. The summed E-state index contributed by atoms with van der Waals surface area (Å²) < 4.78 is 0.959. The summed E-state index contributed by atoms with van der Waals surface area (Å²) in [4.78, 5) is 21.6. The molecule has 1 aromatic carbocycles. The third-order valence-electron chi connectivity index (χ3n) is 5.28. The summed E-state index contributed by atoms with van der Waals surface area (Å²) in [7, 11) is 0. The van der Waals surface area contributed by atoms with Gasteiger partial charge in [-0.2, -0.15) is 0 Å². The molecule has 3 heterocycles. The van der Waals surface area contributed by atoms with Crippen molar-refractivity contribution in [2.75, 3.05) is 31.1 Å². The molecule has 0 atom stereocenters. The van der Waals surface area contributed by atoms with Crippen molar-refractivity contribution in [3.63, 3.8) is 0 Å². The van der Waals surface area contributed by atoms with Crippen LogP contribution in [0.15, 0.2) is 28.7 Å². The van der Waals surface area contributed by atoms with Crippen LogP contribution in [0, 0.1) is 5.92 Å². The number of anilines is 1. The number of nitrogens with zero attached hydrogens (tertiary/aromatic N) is 3. The Labute approximate surface area is 161 Å². The number of hydrogen-bond acceptors (Lipinski definition) is 3. The second kappa shape index (κ2) is 7.12. The van der Waals surface area contributed by atoms with E-state index in [9.17, 15) is 4.79 Å². The van der Waals surface area contributed by atoms with E-state index in [1.54, 1.807) is 0 Å². The second-order valence-corrected chi connectivity index (χ2v) is 8.25. The second-order valence-electron chi connectivity index (χ2n) is 6.92. The number of rotatable bonds is 2. The van der Waals surface area contributed by atoms with Crippen molar-refractivity contribution in [2.24, 2.45) is 5.92 Å². The molecule has 6 heteroatoms. The third-order valence-corrected chi connectivity index (χ3v) is 6.03. The number of aromatic nitrogens is 1. The van der Waals surface area contributed by atoms with Crippen LogP contribution in [-0.2, 0) is 4.79 Å². The van der Waals surface area contributed by atoms with Crippen molar-refractivity contribution < 1.29 is 4.79 Å². The van der Waals surface area contributed by atoms with Crippen LogP contribution in [-0.4, -0.2) is 42.0 Å². The number of fused-ring (bicyclic) bond motifs is 1. The predicted octanol–water partition coefficient (Wildman–Crippen LogP) is 4.49. The molecule has 1 aromatic heterocycles. The highest BCUT2D eigenvalue weighted by Gasteiger charge is 2.30. The molecule has 0 spiro atoms. The SMILES string of the molecule is O=C(C1CCN(c2ccc3cc(Br)cc(Cl)c3n2)CC1)N1CCCC1. The molecule has 0 aliphatic carbocycles. The molecule has 2 fully saturated rings. The van der Waals surface area contributed by atoms with Crippen molar-refractivity contribution in [3.8, 4) is 0 Å². The maximum atomic E-state index is 12.6. The lowest BCUT2D eigenvalue weighted by Gasteiger charge is -2.34. The van der Waals surface area contributed by atoms with E-state index in [1.807, 2.05) is 23.1 Å². The zero-order valence-electron chi connectivity index (χ0n) is 14.0. The highest BCUT2D eigenvalue weighted by atomic mass is 79.9. The highest BCUT2D eigenvalue weighted by molar-refractivity contribution is 9.10. The van der Waals surface area contributed by atoms with Gasteiger partial charge in [-0.15, -0.1) is 0 Å². The first-order valence-corrected chi connectivity index (χ1v) is 10.1. The summed E-state index contributed by atoms with van der Waals surface area (Å²) >= 11 is 9.82. The molecule has 4 rings (SSSR count). The summed E-state index contributed by atoms with van der Waals surface area (Å²) in [6.45, 7) is 3.63. The Bertz CT molecular complexity index is 799. The lowest BCUT2D eigenvalue weighted by atomic mass is 9.95. The average molecular weight is 423 g/mol. The molecule has 0 unspecified atom stereocenters. The molecule has 1 amide bonds. The van der Waals surface area contributed by atoms with Crippen molar-refractivity contribution in [1.29, 1.82) is 0 Å². The molecule has 2 aromatic rings. The van der Waals surface area contributed by atoms with Gasteiger partial charge in [-0.1, -0.05) is 27.5 Å². The van der Waals surface area contributed by atoms with Crippen molar-refractivity contribution in [2.45, 2.75) is 25.7 Å². The fourth-order valence-corrected chi connectivity index (χ4v) is 4.75. The van der Waals surface area contributed by atoms with Crippen molar-refractivity contribution >= 4 is 50.2 Å². The summed E-state index contributed by atoms with van der Waals surface area (Å²) in [5.74, 6) is 1.48. The summed E-state index contributed by atoms with van der Waals surface area (Å²) in [6, 6.07) is 8.02. The monoisotopic (exact) mass is 421 g/mol. The van der Waals surface area contributed by atoms with Crippen LogP contribution < -0.4 is 4.90 Å². The summed E-state index contributed by atoms with van der Waals surface area (Å²) in [5, 5.41) is 1.69. The zero-order chi connectivity index (χ0) is 17.4. The van der Waals surface area contributed by atoms with Gasteiger partial charge in [0.05, 0.1) is 10.5 Å². The maximum Gasteiger partial charge on any atom is 0.225 e. The van der Waals surface area contributed by atoms with Gasteiger partial charge < -0.3 is 9.80 Å². The molecule has 2 aliphatic rings. The Hall–Kier alpha value is -1.33. The predicted molar refractivity (Wildman–Crippen MR) is 105 cm³/mol. The summed E-state index contributed by atoms with van der Waals surface area (Å²) in [6.07, 6.45) is 4.12. The number of carbonyl (C=O) groups excluding carboxylic acids is 1. The molecular weight excluding hydrogens is 402 g/mol. The van der Waals surface area contributed by atoms with Gasteiger partial charge in [0.1, 0.15) is 5.82 Å². The van der Waals surface area contributed by atoms with E-state index in [-0.39, 0.29) is 5.92 Å². The van der Waals surface area contributed by atoms with E-state index in [2.05, 4.69) is 26.9 Å². The fraction of sp³-hybridized carbons (Fsp3) is 0.474. The Balaban J connectivity index is 1.47. The Morgan fingerprint density at radius 2 is 1.84 bits per heavy atom. The number of halogens is 2. The normalized spacial score (nSPS) is 19.0. The van der Waals surface area contributed by atoms with Crippen LogP contribution in [0.5, 0.6) is 0 Å². The number of pyridine rings is 1. The van der Waals surface area contributed by atoms with Gasteiger partial charge in [0, 0.05) is 42.0 Å².